The van der Waals surface area contributed by atoms with Gasteiger partial charge in [0.1, 0.15) is 10.3 Å². The molecule has 1 fully saturated rings. The van der Waals surface area contributed by atoms with Crippen molar-refractivity contribution >= 4 is 41.0 Å². The summed E-state index contributed by atoms with van der Waals surface area (Å²) >= 11 is 1.36. The molecule has 4 atom stereocenters. The molecule has 2 aromatic heterocycles. The van der Waals surface area contributed by atoms with Gasteiger partial charge in [-0.05, 0) is 49.8 Å². The van der Waals surface area contributed by atoms with Crippen LogP contribution in [0.25, 0.3) is 0 Å². The van der Waals surface area contributed by atoms with Crippen LogP contribution in [0, 0.1) is 12.8 Å². The molecule has 4 amide bonds. The average molecular weight is 537 g/mol. The van der Waals surface area contributed by atoms with Crippen molar-refractivity contribution in [2.45, 2.75) is 68.4 Å². The number of hydrogen-bond acceptors (Lipinski definition) is 7. The monoisotopic (exact) mass is 536 g/mol. The molecule has 0 radical (unpaired) electrons. The van der Waals surface area contributed by atoms with Crippen LogP contribution in [-0.2, 0) is 9.59 Å². The number of amides is 4. The quantitative estimate of drug-likeness (QED) is 0.441. The zero-order chi connectivity index (χ0) is 27.0. The molecule has 11 heteroatoms. The second-order valence-corrected chi connectivity index (χ2v) is 11.4. The van der Waals surface area contributed by atoms with E-state index in [0.29, 0.717) is 36.2 Å². The van der Waals surface area contributed by atoms with Crippen LogP contribution in [0.4, 0.5) is 16.2 Å². The van der Waals surface area contributed by atoms with Crippen LogP contribution in [0.2, 0.25) is 0 Å². The first-order valence-corrected chi connectivity index (χ1v) is 13.7. The Morgan fingerprint density at radius 3 is 2.74 bits per heavy atom. The van der Waals surface area contributed by atoms with Crippen LogP contribution in [0.5, 0.6) is 5.88 Å². The third kappa shape index (κ3) is 5.07. The Hall–Kier alpha value is -3.60. The Morgan fingerprint density at radius 1 is 1.26 bits per heavy atom. The van der Waals surface area contributed by atoms with Crippen LogP contribution in [0.15, 0.2) is 42.2 Å². The van der Waals surface area contributed by atoms with Crippen LogP contribution >= 0.6 is 11.8 Å². The largest absolute Gasteiger partial charge is 0.477 e. The summed E-state index contributed by atoms with van der Waals surface area (Å²) in [6.45, 7) is 10.1. The molecule has 10 nitrogen and oxygen atoms in total. The zero-order valence-corrected chi connectivity index (χ0v) is 22.5. The van der Waals surface area contributed by atoms with Gasteiger partial charge >= 0.3 is 6.03 Å². The number of carbonyl (C=O) groups is 3. The number of aryl methyl sites for hydroxylation is 1. The fourth-order valence-corrected chi connectivity index (χ4v) is 6.38. The highest BCUT2D eigenvalue weighted by Gasteiger charge is 2.47. The minimum absolute atomic E-state index is 0.00875. The predicted molar refractivity (Wildman–Crippen MR) is 145 cm³/mol. The maximum absolute atomic E-state index is 13.4. The Morgan fingerprint density at radius 2 is 2.03 bits per heavy atom. The Balaban J connectivity index is 1.33. The summed E-state index contributed by atoms with van der Waals surface area (Å²) < 4.78 is 5.75. The van der Waals surface area contributed by atoms with Gasteiger partial charge in [-0.15, -0.1) is 0 Å². The predicted octanol–water partition coefficient (Wildman–Crippen LogP) is 3.54. The molecule has 2 aliphatic heterocycles. The Kier molecular flexibility index (Phi) is 7.29. The maximum atomic E-state index is 13.4. The number of pyridine rings is 2. The highest BCUT2D eigenvalue weighted by molar-refractivity contribution is 8.01. The SMILES string of the molecule is C=CC(=O)N[C@H]1CC[C@@H](NC(=O)C2Sc3nccc4c3C2NC(=O)N4c2cnc(OCC(C)C)cc2C)C1. The van der Waals surface area contributed by atoms with Gasteiger partial charge in [0, 0.05) is 29.9 Å². The van der Waals surface area contributed by atoms with Crippen molar-refractivity contribution in [1.29, 1.82) is 0 Å². The van der Waals surface area contributed by atoms with E-state index in [2.05, 4.69) is 46.3 Å². The molecule has 200 valence electrons. The number of anilines is 2. The second kappa shape index (κ2) is 10.6. The standard InChI is InChI=1S/C27H32N6O4S/c1-5-20(34)30-16-6-7-17(11-16)31-25(35)24-23-22-18(8-9-28-26(22)38-24)33(27(36)32-23)19-12-29-21(10-15(19)4)37-13-14(2)3/h5,8-10,12,14,16-17,23-24H,1,6-7,11,13H2,2-4H3,(H,30,34)(H,31,35)(H,32,36)/t16-,17+,23?,24?/m0/s1. The summed E-state index contributed by atoms with van der Waals surface area (Å²) in [4.78, 5) is 49.0. The molecule has 1 saturated carbocycles. The second-order valence-electron chi connectivity index (χ2n) is 10.3. The number of rotatable bonds is 8. The van der Waals surface area contributed by atoms with Crippen molar-refractivity contribution in [2.75, 3.05) is 11.5 Å². The maximum Gasteiger partial charge on any atom is 0.327 e. The van der Waals surface area contributed by atoms with Crippen LogP contribution in [0.1, 0.15) is 50.3 Å². The summed E-state index contributed by atoms with van der Waals surface area (Å²) in [5, 5.41) is 9.25. The first-order chi connectivity index (χ1) is 18.2. The van der Waals surface area contributed by atoms with Crippen molar-refractivity contribution in [3.05, 3.63) is 48.3 Å². The van der Waals surface area contributed by atoms with E-state index >= 15 is 0 Å². The van der Waals surface area contributed by atoms with E-state index in [4.69, 9.17) is 4.74 Å². The summed E-state index contributed by atoms with van der Waals surface area (Å²) in [6, 6.07) is 2.77. The highest BCUT2D eigenvalue weighted by atomic mass is 32.2. The number of carbonyl (C=O) groups excluding carboxylic acids is 3. The van der Waals surface area contributed by atoms with Crippen molar-refractivity contribution in [3.63, 3.8) is 0 Å². The molecule has 38 heavy (non-hydrogen) atoms. The van der Waals surface area contributed by atoms with Gasteiger partial charge in [0.2, 0.25) is 17.7 Å². The van der Waals surface area contributed by atoms with Crippen LogP contribution < -0.4 is 25.6 Å². The van der Waals surface area contributed by atoms with Crippen molar-refractivity contribution < 1.29 is 19.1 Å². The van der Waals surface area contributed by atoms with E-state index in [-0.39, 0.29) is 29.9 Å². The van der Waals surface area contributed by atoms with Gasteiger partial charge in [-0.1, -0.05) is 32.2 Å². The zero-order valence-electron chi connectivity index (χ0n) is 21.7. The molecule has 0 spiro atoms. The summed E-state index contributed by atoms with van der Waals surface area (Å²) in [7, 11) is 0. The Bertz CT molecular complexity index is 1280. The van der Waals surface area contributed by atoms with Gasteiger partial charge in [0.05, 0.1) is 30.2 Å². The highest BCUT2D eigenvalue weighted by Crippen LogP contribution is 2.51. The number of nitrogens with one attached hydrogen (secondary N) is 3. The van der Waals surface area contributed by atoms with Crippen molar-refractivity contribution in [3.8, 4) is 5.88 Å². The third-order valence-electron chi connectivity index (χ3n) is 6.94. The molecule has 2 unspecified atom stereocenters. The number of nitrogens with zero attached hydrogens (tertiary/aromatic N) is 3. The molecule has 1 aliphatic carbocycles. The molecule has 0 bridgehead atoms. The molecule has 4 heterocycles. The normalized spacial score (nSPS) is 23.6. The lowest BCUT2D eigenvalue weighted by molar-refractivity contribution is -0.121. The van der Waals surface area contributed by atoms with Gasteiger partial charge in [-0.3, -0.25) is 14.5 Å². The summed E-state index contributed by atoms with van der Waals surface area (Å²) in [5.74, 6) is 0.528. The number of hydrogen-bond donors (Lipinski definition) is 3. The molecule has 0 aromatic carbocycles. The lowest BCUT2D eigenvalue weighted by Gasteiger charge is -2.34. The number of thioether (sulfide) groups is 1. The van der Waals surface area contributed by atoms with Crippen LogP contribution in [-0.4, -0.2) is 51.8 Å². The molecule has 0 saturated heterocycles. The molecule has 3 N–H and O–H groups in total. The minimum Gasteiger partial charge on any atom is -0.477 e. The molecule has 2 aromatic rings. The van der Waals surface area contributed by atoms with E-state index in [9.17, 15) is 14.4 Å². The van der Waals surface area contributed by atoms with E-state index in [1.807, 2.05) is 13.0 Å². The topological polar surface area (TPSA) is 126 Å². The molecular formula is C27H32N6O4S. The lowest BCUT2D eigenvalue weighted by Crippen LogP contribution is -2.50. The average Bonchev–Trinajstić information content (AvgIpc) is 3.48. The lowest BCUT2D eigenvalue weighted by atomic mass is 9.99. The van der Waals surface area contributed by atoms with Crippen molar-refractivity contribution in [2.24, 2.45) is 5.92 Å². The summed E-state index contributed by atoms with van der Waals surface area (Å²) in [6.07, 6.45) is 6.79. The van der Waals surface area contributed by atoms with Gasteiger partial charge in [-0.2, -0.15) is 0 Å². The number of urea groups is 1. The van der Waals surface area contributed by atoms with Crippen molar-refractivity contribution in [1.82, 2.24) is 25.9 Å². The Labute approximate surface area is 226 Å². The van der Waals surface area contributed by atoms with Gasteiger partial charge in [-0.25, -0.2) is 14.8 Å². The van der Waals surface area contributed by atoms with Gasteiger partial charge in [0.15, 0.2) is 0 Å². The van der Waals surface area contributed by atoms with Crippen LogP contribution in [0.3, 0.4) is 0 Å². The minimum atomic E-state index is -0.544. The smallest absolute Gasteiger partial charge is 0.327 e. The van der Waals surface area contributed by atoms with Gasteiger partial charge < -0.3 is 20.7 Å². The fraction of sp³-hybridized carbons (Fsp3) is 0.444. The first-order valence-electron chi connectivity index (χ1n) is 12.8. The van der Waals surface area contributed by atoms with E-state index in [0.717, 1.165) is 29.0 Å². The van der Waals surface area contributed by atoms with E-state index in [1.54, 1.807) is 23.4 Å². The first kappa shape index (κ1) is 26.0. The van der Waals surface area contributed by atoms with E-state index < -0.39 is 11.3 Å². The molecule has 3 aliphatic rings. The molecular weight excluding hydrogens is 504 g/mol. The molecule has 5 rings (SSSR count). The fourth-order valence-electron chi connectivity index (χ4n) is 5.14. The number of ether oxygens (including phenoxy) is 1. The summed E-state index contributed by atoms with van der Waals surface area (Å²) in [5.41, 5.74) is 3.01. The third-order valence-corrected chi connectivity index (χ3v) is 8.23. The number of aromatic nitrogens is 2. The van der Waals surface area contributed by atoms with Gasteiger partial charge in [0.25, 0.3) is 0 Å². The van der Waals surface area contributed by atoms with E-state index in [1.165, 1.54) is 17.8 Å².